The topological polar surface area (TPSA) is 45.6 Å². The summed E-state index contributed by atoms with van der Waals surface area (Å²) in [7, 11) is 2.06. The van der Waals surface area contributed by atoms with Crippen LogP contribution in [-0.4, -0.2) is 36.4 Å². The Morgan fingerprint density at radius 2 is 2.26 bits per heavy atom. The third-order valence-electron chi connectivity index (χ3n) is 3.48. The molecular weight excluding hydrogens is 260 g/mol. The molecule has 1 aromatic heterocycles. The molecule has 2 rings (SSSR count). The first-order valence-corrected chi connectivity index (χ1v) is 7.86. The van der Waals surface area contributed by atoms with Gasteiger partial charge in [-0.3, -0.25) is 0 Å². The Balaban J connectivity index is 2.03. The van der Waals surface area contributed by atoms with Crippen LogP contribution < -0.4 is 4.90 Å². The molecule has 2 heterocycles. The average molecular weight is 284 g/mol. The molecule has 1 N–H and O–H groups in total. The Morgan fingerprint density at radius 1 is 1.47 bits per heavy atom. The highest BCUT2D eigenvalue weighted by atomic mass is 32.1. The molecule has 0 aromatic carbocycles. The van der Waals surface area contributed by atoms with E-state index in [1.54, 1.807) is 11.3 Å². The second-order valence-electron chi connectivity index (χ2n) is 5.49. The Morgan fingerprint density at radius 3 is 2.79 bits per heavy atom. The largest absolute Gasteiger partial charge is 0.391 e. The predicted molar refractivity (Wildman–Crippen MR) is 79.0 cm³/mol. The van der Waals surface area contributed by atoms with Gasteiger partial charge in [-0.2, -0.15) is 0 Å². The van der Waals surface area contributed by atoms with Crippen molar-refractivity contribution in [3.63, 3.8) is 0 Å². The zero-order valence-corrected chi connectivity index (χ0v) is 12.9. The molecule has 108 valence electrons. The lowest BCUT2D eigenvalue weighted by molar-refractivity contribution is 0.0216. The van der Waals surface area contributed by atoms with Crippen LogP contribution >= 0.6 is 11.3 Å². The van der Waals surface area contributed by atoms with Crippen molar-refractivity contribution < 1.29 is 9.84 Å². The molecule has 1 aliphatic rings. The Kier molecular flexibility index (Phi) is 5.19. The summed E-state index contributed by atoms with van der Waals surface area (Å²) in [5.41, 5.74) is 1.03. The van der Waals surface area contributed by atoms with Gasteiger partial charge in [-0.25, -0.2) is 4.98 Å². The van der Waals surface area contributed by atoms with Crippen LogP contribution in [0.2, 0.25) is 0 Å². The maximum Gasteiger partial charge on any atom is 0.185 e. The van der Waals surface area contributed by atoms with Gasteiger partial charge < -0.3 is 14.7 Å². The molecule has 1 aromatic rings. The molecule has 19 heavy (non-hydrogen) atoms. The lowest BCUT2D eigenvalue weighted by Gasteiger charge is -2.27. The number of aromatic nitrogens is 1. The highest BCUT2D eigenvalue weighted by Gasteiger charge is 2.20. The number of anilines is 1. The second kappa shape index (κ2) is 6.68. The highest BCUT2D eigenvalue weighted by Crippen LogP contribution is 2.30. The first-order chi connectivity index (χ1) is 9.11. The first-order valence-electron chi connectivity index (χ1n) is 7.05. The van der Waals surface area contributed by atoms with Gasteiger partial charge in [0.05, 0.1) is 23.3 Å². The van der Waals surface area contributed by atoms with Crippen molar-refractivity contribution in [3.8, 4) is 0 Å². The van der Waals surface area contributed by atoms with Gasteiger partial charge in [-0.15, -0.1) is 0 Å². The van der Waals surface area contributed by atoms with Crippen LogP contribution in [0.15, 0.2) is 0 Å². The third kappa shape index (κ3) is 3.68. The van der Waals surface area contributed by atoms with E-state index < -0.39 is 0 Å². The maximum absolute atomic E-state index is 9.41. The standard InChI is InChI=1S/C14H24N2O2S/c1-10(2)13-12(9-17)19-14(15-13)16(3)8-11-6-4-5-7-18-11/h10-11,17H,4-9H2,1-3H3. The Hall–Kier alpha value is -0.650. The molecule has 4 nitrogen and oxygen atoms in total. The normalized spacial score (nSPS) is 19.9. The van der Waals surface area contributed by atoms with Crippen LogP contribution in [0.3, 0.4) is 0 Å². The smallest absolute Gasteiger partial charge is 0.185 e. The molecule has 1 aliphatic heterocycles. The van der Waals surface area contributed by atoms with Gasteiger partial charge in [-0.1, -0.05) is 25.2 Å². The summed E-state index contributed by atoms with van der Waals surface area (Å²) >= 11 is 1.59. The number of nitrogens with zero attached hydrogens (tertiary/aromatic N) is 2. The van der Waals surface area contributed by atoms with Crippen molar-refractivity contribution in [1.29, 1.82) is 0 Å². The van der Waals surface area contributed by atoms with Crippen molar-refractivity contribution in [2.75, 3.05) is 25.1 Å². The lowest BCUT2D eigenvalue weighted by atomic mass is 10.1. The van der Waals surface area contributed by atoms with Crippen molar-refractivity contribution >= 4 is 16.5 Å². The van der Waals surface area contributed by atoms with Gasteiger partial charge >= 0.3 is 0 Å². The van der Waals surface area contributed by atoms with Crippen molar-refractivity contribution in [2.24, 2.45) is 0 Å². The quantitative estimate of drug-likeness (QED) is 0.903. The second-order valence-corrected chi connectivity index (χ2v) is 6.55. The van der Waals surface area contributed by atoms with Crippen LogP contribution in [0, 0.1) is 0 Å². The fourth-order valence-corrected chi connectivity index (χ4v) is 3.46. The molecule has 0 saturated carbocycles. The third-order valence-corrected chi connectivity index (χ3v) is 4.65. The van der Waals surface area contributed by atoms with Gasteiger partial charge in [0.25, 0.3) is 0 Å². The van der Waals surface area contributed by atoms with Crippen molar-refractivity contribution in [1.82, 2.24) is 4.98 Å². The summed E-state index contributed by atoms with van der Waals surface area (Å²) in [5.74, 6) is 0.353. The van der Waals surface area contributed by atoms with Crippen LogP contribution in [-0.2, 0) is 11.3 Å². The van der Waals surface area contributed by atoms with Crippen LogP contribution in [0.5, 0.6) is 0 Å². The van der Waals surface area contributed by atoms with E-state index in [4.69, 9.17) is 4.74 Å². The summed E-state index contributed by atoms with van der Waals surface area (Å²) in [4.78, 5) is 7.82. The number of likely N-dealkylation sites (N-methyl/N-ethyl adjacent to an activating group) is 1. The summed E-state index contributed by atoms with van der Waals surface area (Å²) in [5, 5.41) is 10.4. The number of hydrogen-bond acceptors (Lipinski definition) is 5. The minimum Gasteiger partial charge on any atom is -0.391 e. The molecule has 0 radical (unpaired) electrons. The number of ether oxygens (including phenoxy) is 1. The Bertz CT molecular complexity index is 400. The predicted octanol–water partition coefficient (Wildman–Crippen LogP) is 2.76. The van der Waals surface area contributed by atoms with Crippen LogP contribution in [0.4, 0.5) is 5.13 Å². The zero-order chi connectivity index (χ0) is 13.8. The number of aliphatic hydroxyl groups is 1. The van der Waals surface area contributed by atoms with E-state index in [9.17, 15) is 5.11 Å². The monoisotopic (exact) mass is 284 g/mol. The van der Waals surface area contributed by atoms with E-state index in [1.807, 2.05) is 0 Å². The van der Waals surface area contributed by atoms with E-state index in [-0.39, 0.29) is 6.61 Å². The van der Waals surface area contributed by atoms with Gasteiger partial charge in [0.15, 0.2) is 5.13 Å². The fraction of sp³-hybridized carbons (Fsp3) is 0.786. The van der Waals surface area contributed by atoms with Gasteiger partial charge in [0.1, 0.15) is 0 Å². The fourth-order valence-electron chi connectivity index (χ4n) is 2.41. The summed E-state index contributed by atoms with van der Waals surface area (Å²) in [6.45, 7) is 6.08. The van der Waals surface area contributed by atoms with E-state index >= 15 is 0 Å². The van der Waals surface area contributed by atoms with Crippen LogP contribution in [0.25, 0.3) is 0 Å². The van der Waals surface area contributed by atoms with E-state index in [1.165, 1.54) is 12.8 Å². The molecule has 1 fully saturated rings. The molecule has 0 spiro atoms. The zero-order valence-electron chi connectivity index (χ0n) is 12.1. The number of aliphatic hydroxyl groups excluding tert-OH is 1. The summed E-state index contributed by atoms with van der Waals surface area (Å²) in [6, 6.07) is 0. The van der Waals surface area contributed by atoms with E-state index in [2.05, 4.69) is 30.8 Å². The lowest BCUT2D eigenvalue weighted by Crippen LogP contribution is -2.33. The number of thiazole rings is 1. The van der Waals surface area contributed by atoms with Gasteiger partial charge in [0.2, 0.25) is 0 Å². The minimum absolute atomic E-state index is 0.0823. The summed E-state index contributed by atoms with van der Waals surface area (Å²) in [6.07, 6.45) is 3.90. The van der Waals surface area contributed by atoms with Gasteiger partial charge in [-0.05, 0) is 25.2 Å². The average Bonchev–Trinajstić information content (AvgIpc) is 2.84. The molecule has 1 atom stereocenters. The molecule has 0 bridgehead atoms. The first kappa shape index (κ1) is 14.8. The Labute approximate surface area is 119 Å². The molecule has 1 saturated heterocycles. The minimum atomic E-state index is 0.0823. The molecule has 0 aliphatic carbocycles. The van der Waals surface area contributed by atoms with Crippen molar-refractivity contribution in [3.05, 3.63) is 10.6 Å². The van der Waals surface area contributed by atoms with Crippen LogP contribution in [0.1, 0.15) is 49.6 Å². The number of rotatable bonds is 5. The molecule has 0 amide bonds. The van der Waals surface area contributed by atoms with Gasteiger partial charge in [0, 0.05) is 20.2 Å². The van der Waals surface area contributed by atoms with E-state index in [0.29, 0.717) is 12.0 Å². The molecule has 1 unspecified atom stereocenters. The summed E-state index contributed by atoms with van der Waals surface area (Å²) < 4.78 is 5.77. The molecule has 5 heteroatoms. The molecular formula is C14H24N2O2S. The maximum atomic E-state index is 9.41. The van der Waals surface area contributed by atoms with Crippen molar-refractivity contribution in [2.45, 2.75) is 51.7 Å². The van der Waals surface area contributed by atoms with E-state index in [0.717, 1.165) is 35.3 Å². The highest BCUT2D eigenvalue weighted by molar-refractivity contribution is 7.15. The SMILES string of the molecule is CC(C)c1nc(N(C)CC2CCCCO2)sc1CO. The number of hydrogen-bond donors (Lipinski definition) is 1.